The van der Waals surface area contributed by atoms with E-state index in [-0.39, 0.29) is 50.0 Å². The lowest BCUT2D eigenvalue weighted by Gasteiger charge is -2.36. The molecule has 4 atom stereocenters. The Morgan fingerprint density at radius 3 is 2.34 bits per heavy atom. The van der Waals surface area contributed by atoms with Gasteiger partial charge in [0.15, 0.2) is 6.29 Å². The number of rotatable bonds is 13. The van der Waals surface area contributed by atoms with Gasteiger partial charge in [-0.1, -0.05) is 115 Å². The van der Waals surface area contributed by atoms with Gasteiger partial charge in [-0.2, -0.15) is 4.68 Å². The number of alkyl carbamates (subject to hydrolysis) is 1. The number of aromatic nitrogens is 4. The van der Waals surface area contributed by atoms with E-state index in [0.29, 0.717) is 23.0 Å². The van der Waals surface area contributed by atoms with E-state index < -0.39 is 24.3 Å². The number of amides is 3. The molecule has 2 fully saturated rings. The van der Waals surface area contributed by atoms with Gasteiger partial charge in [-0.3, -0.25) is 14.5 Å². The second-order valence-electron chi connectivity index (χ2n) is 14.1. The third-order valence-electron chi connectivity index (χ3n) is 10.1. The van der Waals surface area contributed by atoms with Crippen molar-refractivity contribution >= 4 is 29.7 Å². The van der Waals surface area contributed by atoms with Crippen molar-refractivity contribution in [3.63, 3.8) is 0 Å². The van der Waals surface area contributed by atoms with Gasteiger partial charge < -0.3 is 29.7 Å². The highest BCUT2D eigenvalue weighted by molar-refractivity contribution is 7.99. The van der Waals surface area contributed by atoms with Crippen molar-refractivity contribution in [3.05, 3.63) is 155 Å². The number of nitrogens with zero attached hydrogens (tertiary/aromatic N) is 5. The van der Waals surface area contributed by atoms with Crippen molar-refractivity contribution in [1.82, 2.24) is 30.4 Å². The molecular weight excluding hydrogens is 773 g/mol. The van der Waals surface area contributed by atoms with Crippen LogP contribution in [0.25, 0.3) is 16.8 Å². The summed E-state index contributed by atoms with van der Waals surface area (Å²) in [5, 5.41) is 34.7. The average molecular weight is 813 g/mol. The van der Waals surface area contributed by atoms with Gasteiger partial charge in [0, 0.05) is 17.7 Å². The number of carbonyl (C=O) groups excluding carboxylic acids is 3. The van der Waals surface area contributed by atoms with Crippen molar-refractivity contribution in [2.24, 2.45) is 0 Å². The molecule has 2 aliphatic heterocycles. The fourth-order valence-electron chi connectivity index (χ4n) is 7.01. The van der Waals surface area contributed by atoms with Gasteiger partial charge in [-0.05, 0) is 68.1 Å². The number of thioether (sulfide) groups is 1. The van der Waals surface area contributed by atoms with Crippen LogP contribution in [0.2, 0.25) is 0 Å². The molecule has 15 heteroatoms. The van der Waals surface area contributed by atoms with Gasteiger partial charge >= 0.3 is 6.09 Å². The topological polar surface area (TPSA) is 178 Å². The maximum absolute atomic E-state index is 13.4. The lowest BCUT2D eigenvalue weighted by molar-refractivity contribution is -0.245. The Morgan fingerprint density at radius 2 is 1.58 bits per heavy atom. The zero-order chi connectivity index (χ0) is 40.7. The number of phenolic OH excluding ortho intramolecular Hbond substituents is 1. The minimum absolute atomic E-state index is 0.0355. The number of benzene rings is 5. The largest absolute Gasteiger partial charge is 0.508 e. The molecule has 8 rings (SSSR count). The van der Waals surface area contributed by atoms with Gasteiger partial charge in [0.1, 0.15) is 18.4 Å². The number of imide groups is 1. The highest BCUT2D eigenvalue weighted by Crippen LogP contribution is 2.40. The Bertz CT molecular complexity index is 2400. The summed E-state index contributed by atoms with van der Waals surface area (Å²) < 4.78 is 20.0. The Labute approximate surface area is 343 Å². The maximum Gasteiger partial charge on any atom is 0.408 e. The van der Waals surface area contributed by atoms with Crippen LogP contribution in [0, 0.1) is 0 Å². The first-order valence-electron chi connectivity index (χ1n) is 19.0. The lowest BCUT2D eigenvalue weighted by atomic mass is 9.97. The molecule has 5 aromatic carbocycles. The average Bonchev–Trinajstić information content (AvgIpc) is 3.85. The highest BCUT2D eigenvalue weighted by Gasteiger charge is 2.40. The van der Waals surface area contributed by atoms with Gasteiger partial charge in [0.25, 0.3) is 5.91 Å². The maximum atomic E-state index is 13.4. The van der Waals surface area contributed by atoms with Gasteiger partial charge in [0.05, 0.1) is 37.5 Å². The molecule has 4 unspecified atom stereocenters. The molecule has 14 nitrogen and oxygen atoms in total. The third kappa shape index (κ3) is 9.34. The molecule has 2 saturated heterocycles. The predicted molar refractivity (Wildman–Crippen MR) is 216 cm³/mol. The molecule has 300 valence electrons. The van der Waals surface area contributed by atoms with E-state index >= 15 is 0 Å². The van der Waals surface area contributed by atoms with Crippen LogP contribution in [0.1, 0.15) is 53.1 Å². The van der Waals surface area contributed by atoms with E-state index in [9.17, 15) is 24.6 Å². The van der Waals surface area contributed by atoms with E-state index in [0.717, 1.165) is 38.9 Å². The Hall–Kier alpha value is -6.39. The Kier molecular flexibility index (Phi) is 12.1. The van der Waals surface area contributed by atoms with E-state index in [1.807, 2.05) is 103 Å². The highest BCUT2D eigenvalue weighted by atomic mass is 32.2. The zero-order valence-corrected chi connectivity index (χ0v) is 32.5. The molecule has 0 aliphatic carbocycles. The van der Waals surface area contributed by atoms with Crippen LogP contribution in [0.3, 0.4) is 0 Å². The van der Waals surface area contributed by atoms with Crippen molar-refractivity contribution < 1.29 is 38.8 Å². The SMILES string of the molecule is O=C(NC1CC(=O)N(Cc2ccccc2-c2ccc(C3OC(CSc4nnnn4-c4ccc(O)cc4)CC(c4ccc(CO)cc4)O3)cc2)C1=O)OCc1ccccc1. The summed E-state index contributed by atoms with van der Waals surface area (Å²) in [4.78, 5) is 40.1. The second kappa shape index (κ2) is 18.0. The molecule has 1 aromatic heterocycles. The van der Waals surface area contributed by atoms with Crippen LogP contribution < -0.4 is 5.32 Å². The van der Waals surface area contributed by atoms with Crippen LogP contribution in [0.4, 0.5) is 4.79 Å². The fraction of sp³-hybridized carbons (Fsp3) is 0.227. The number of phenols is 1. The number of hydrogen-bond donors (Lipinski definition) is 3. The van der Waals surface area contributed by atoms with Crippen LogP contribution in [0.15, 0.2) is 133 Å². The third-order valence-corrected chi connectivity index (χ3v) is 11.2. The number of nitrogens with one attached hydrogen (secondary N) is 1. The van der Waals surface area contributed by atoms with Gasteiger partial charge in [-0.25, -0.2) is 4.79 Å². The summed E-state index contributed by atoms with van der Waals surface area (Å²) in [6.45, 7) is 0.0197. The number of aromatic hydroxyl groups is 1. The number of likely N-dealkylation sites (tertiary alicyclic amines) is 1. The monoisotopic (exact) mass is 812 g/mol. The van der Waals surface area contributed by atoms with Crippen LogP contribution >= 0.6 is 11.8 Å². The molecule has 3 heterocycles. The van der Waals surface area contributed by atoms with Gasteiger partial charge in [-0.15, -0.1) is 5.10 Å². The summed E-state index contributed by atoms with van der Waals surface area (Å²) in [6.07, 6.45) is -1.63. The zero-order valence-electron chi connectivity index (χ0n) is 31.7. The fourth-order valence-corrected chi connectivity index (χ4v) is 7.92. The number of tetrazole rings is 1. The van der Waals surface area contributed by atoms with Crippen LogP contribution in [-0.4, -0.2) is 71.1 Å². The molecule has 0 radical (unpaired) electrons. The molecule has 59 heavy (non-hydrogen) atoms. The summed E-state index contributed by atoms with van der Waals surface area (Å²) in [7, 11) is 0. The van der Waals surface area contributed by atoms with Crippen molar-refractivity contribution in [1.29, 1.82) is 0 Å². The van der Waals surface area contributed by atoms with Gasteiger partial charge in [0.2, 0.25) is 11.1 Å². The molecule has 6 aromatic rings. The standard InChI is InChI=1S/C44H40N6O8S/c51-25-28-10-12-31(13-11-28)39-22-36(27-59-43-46-47-48-50(43)34-18-20-35(52)21-19-34)57-42(58-39)32-16-14-30(15-17-32)37-9-5-4-8-33(37)24-49-40(53)23-38(41(49)54)45-44(55)56-26-29-6-2-1-3-7-29/h1-21,36,38-39,42,51-52H,22-27H2,(H,45,55). The molecule has 3 N–H and O–H groups in total. The number of ether oxygens (including phenoxy) is 3. The first-order valence-corrected chi connectivity index (χ1v) is 20.0. The molecule has 0 saturated carbocycles. The van der Waals surface area contributed by atoms with Crippen molar-refractivity contribution in [3.8, 4) is 22.6 Å². The Balaban J connectivity index is 0.955. The summed E-state index contributed by atoms with van der Waals surface area (Å²) in [5.41, 5.74) is 6.53. The van der Waals surface area contributed by atoms with E-state index in [1.165, 1.54) is 16.7 Å². The van der Waals surface area contributed by atoms with Crippen molar-refractivity contribution in [2.75, 3.05) is 5.75 Å². The molecule has 2 aliphatic rings. The normalized spacial score (nSPS) is 19.2. The lowest BCUT2D eigenvalue weighted by Crippen LogP contribution is -2.41. The summed E-state index contributed by atoms with van der Waals surface area (Å²) in [5.74, 6) is -0.210. The summed E-state index contributed by atoms with van der Waals surface area (Å²) >= 11 is 1.45. The first-order chi connectivity index (χ1) is 28.8. The van der Waals surface area contributed by atoms with Crippen LogP contribution in [-0.2, 0) is 43.6 Å². The van der Waals surface area contributed by atoms with E-state index in [1.54, 1.807) is 28.9 Å². The first kappa shape index (κ1) is 39.4. The molecule has 3 amide bonds. The van der Waals surface area contributed by atoms with E-state index in [4.69, 9.17) is 14.2 Å². The number of aliphatic hydroxyl groups excluding tert-OH is 1. The smallest absolute Gasteiger partial charge is 0.408 e. The second-order valence-corrected chi connectivity index (χ2v) is 15.1. The molecule has 0 spiro atoms. The van der Waals surface area contributed by atoms with Crippen molar-refractivity contribution in [2.45, 2.75) is 62.3 Å². The number of hydrogen-bond acceptors (Lipinski definition) is 12. The minimum Gasteiger partial charge on any atom is -0.508 e. The quantitative estimate of drug-likeness (QED) is 0.0863. The van der Waals surface area contributed by atoms with E-state index in [2.05, 4.69) is 20.8 Å². The number of aliphatic hydroxyl groups is 1. The Morgan fingerprint density at radius 1 is 0.847 bits per heavy atom. The predicted octanol–water partition coefficient (Wildman–Crippen LogP) is 6.42. The van der Waals surface area contributed by atoms with Crippen LogP contribution in [0.5, 0.6) is 5.75 Å². The minimum atomic E-state index is -1.01. The molecule has 0 bridgehead atoms. The summed E-state index contributed by atoms with van der Waals surface area (Å²) in [6, 6.07) is 37.8. The molecular formula is C44H40N6O8S. The number of carbonyl (C=O) groups is 3.